The molecule has 2 heterocycles. The Bertz CT molecular complexity index is 1230. The fourth-order valence-corrected chi connectivity index (χ4v) is 3.78. The lowest BCUT2D eigenvalue weighted by molar-refractivity contribution is 0.468. The molecule has 28 heavy (non-hydrogen) atoms. The predicted molar refractivity (Wildman–Crippen MR) is 111 cm³/mol. The molecule has 0 aliphatic heterocycles. The molecular formula is C22H24N4O2. The zero-order valence-corrected chi connectivity index (χ0v) is 16.5. The highest BCUT2D eigenvalue weighted by Crippen LogP contribution is 2.32. The topological polar surface area (TPSA) is 75.8 Å². The second-order valence-electron chi connectivity index (χ2n) is 7.36. The van der Waals surface area contributed by atoms with Gasteiger partial charge < -0.3 is 9.67 Å². The van der Waals surface area contributed by atoms with Gasteiger partial charge in [-0.25, -0.2) is 14.5 Å². The Morgan fingerprint density at radius 2 is 2.00 bits per heavy atom. The van der Waals surface area contributed by atoms with E-state index in [1.807, 2.05) is 44.3 Å². The van der Waals surface area contributed by atoms with Crippen molar-refractivity contribution in [1.82, 2.24) is 19.3 Å². The number of aromatic nitrogens is 4. The number of nitrogens with one attached hydrogen (secondary N) is 1. The predicted octanol–water partition coefficient (Wildman–Crippen LogP) is 4.34. The summed E-state index contributed by atoms with van der Waals surface area (Å²) >= 11 is 0. The highest BCUT2D eigenvalue weighted by atomic mass is 16.3. The van der Waals surface area contributed by atoms with Crippen molar-refractivity contribution in [3.63, 3.8) is 0 Å². The van der Waals surface area contributed by atoms with Gasteiger partial charge in [-0.05, 0) is 68.7 Å². The maximum atomic E-state index is 12.7. The molecule has 0 saturated heterocycles. The molecule has 0 aliphatic rings. The third-order valence-electron chi connectivity index (χ3n) is 5.26. The highest BCUT2D eigenvalue weighted by molar-refractivity contribution is 5.89. The van der Waals surface area contributed by atoms with E-state index in [0.29, 0.717) is 18.3 Å². The van der Waals surface area contributed by atoms with Crippen LogP contribution in [-0.4, -0.2) is 24.4 Å². The number of rotatable bonds is 4. The molecule has 0 atom stereocenters. The summed E-state index contributed by atoms with van der Waals surface area (Å²) in [6.45, 7) is 8.16. The SMILES string of the molecule is CCc1cc(-c2n[nH]c(=O)n2-c2cccc3c2ccn3C(C)C)c(C)cc1O. The maximum Gasteiger partial charge on any atom is 0.348 e. The van der Waals surface area contributed by atoms with E-state index in [9.17, 15) is 9.90 Å². The molecule has 2 aromatic carbocycles. The molecule has 4 rings (SSSR count). The molecule has 0 radical (unpaired) electrons. The number of fused-ring (bicyclic) bond motifs is 1. The third kappa shape index (κ3) is 2.72. The number of phenolic OH excluding ortho intramolecular Hbond substituents is 1. The van der Waals surface area contributed by atoms with E-state index >= 15 is 0 Å². The smallest absolute Gasteiger partial charge is 0.348 e. The first-order valence-electron chi connectivity index (χ1n) is 9.52. The molecule has 0 bridgehead atoms. The number of aryl methyl sites for hydroxylation is 2. The largest absolute Gasteiger partial charge is 0.508 e. The van der Waals surface area contributed by atoms with E-state index in [1.165, 1.54) is 0 Å². The number of H-pyrrole nitrogens is 1. The van der Waals surface area contributed by atoms with E-state index in [4.69, 9.17) is 0 Å². The summed E-state index contributed by atoms with van der Waals surface area (Å²) in [7, 11) is 0. The van der Waals surface area contributed by atoms with Crippen LogP contribution in [-0.2, 0) is 6.42 Å². The van der Waals surface area contributed by atoms with Gasteiger partial charge in [0.2, 0.25) is 0 Å². The van der Waals surface area contributed by atoms with Gasteiger partial charge in [0.25, 0.3) is 0 Å². The van der Waals surface area contributed by atoms with Crippen LogP contribution in [0, 0.1) is 6.92 Å². The summed E-state index contributed by atoms with van der Waals surface area (Å²) in [6.07, 6.45) is 2.74. The first-order valence-corrected chi connectivity index (χ1v) is 9.52. The van der Waals surface area contributed by atoms with Crippen molar-refractivity contribution in [3.8, 4) is 22.8 Å². The Morgan fingerprint density at radius 3 is 2.71 bits per heavy atom. The van der Waals surface area contributed by atoms with Crippen LogP contribution in [0.5, 0.6) is 5.75 Å². The van der Waals surface area contributed by atoms with Crippen molar-refractivity contribution in [1.29, 1.82) is 0 Å². The van der Waals surface area contributed by atoms with Gasteiger partial charge in [-0.1, -0.05) is 13.0 Å². The molecule has 0 spiro atoms. The van der Waals surface area contributed by atoms with Crippen LogP contribution < -0.4 is 5.69 Å². The van der Waals surface area contributed by atoms with Crippen molar-refractivity contribution in [2.75, 3.05) is 0 Å². The number of hydrogen-bond acceptors (Lipinski definition) is 3. The first-order chi connectivity index (χ1) is 13.4. The van der Waals surface area contributed by atoms with Gasteiger partial charge in [0, 0.05) is 23.2 Å². The molecule has 0 saturated carbocycles. The molecule has 4 aromatic rings. The van der Waals surface area contributed by atoms with Crippen molar-refractivity contribution in [2.24, 2.45) is 0 Å². The summed E-state index contributed by atoms with van der Waals surface area (Å²) in [6, 6.07) is 12.0. The van der Waals surface area contributed by atoms with E-state index < -0.39 is 0 Å². The summed E-state index contributed by atoms with van der Waals surface area (Å²) in [5.74, 6) is 0.811. The van der Waals surface area contributed by atoms with E-state index in [0.717, 1.165) is 33.3 Å². The fourth-order valence-electron chi connectivity index (χ4n) is 3.78. The van der Waals surface area contributed by atoms with Crippen molar-refractivity contribution < 1.29 is 5.11 Å². The Kier molecular flexibility index (Phi) is 4.34. The summed E-state index contributed by atoms with van der Waals surface area (Å²) < 4.78 is 3.80. The summed E-state index contributed by atoms with van der Waals surface area (Å²) in [5.41, 5.74) is 4.09. The van der Waals surface area contributed by atoms with Gasteiger partial charge in [-0.15, -0.1) is 0 Å². The molecule has 2 N–H and O–H groups in total. The van der Waals surface area contributed by atoms with E-state index in [1.54, 1.807) is 10.6 Å². The normalized spacial score (nSPS) is 11.6. The summed E-state index contributed by atoms with van der Waals surface area (Å²) in [5, 5.41) is 18.1. The van der Waals surface area contributed by atoms with Crippen molar-refractivity contribution in [3.05, 3.63) is 64.2 Å². The minimum Gasteiger partial charge on any atom is -0.508 e. The molecule has 0 fully saturated rings. The molecule has 6 heteroatoms. The first kappa shape index (κ1) is 18.1. The highest BCUT2D eigenvalue weighted by Gasteiger charge is 2.19. The van der Waals surface area contributed by atoms with Crippen LogP contribution in [0.2, 0.25) is 0 Å². The summed E-state index contributed by atoms with van der Waals surface area (Å²) in [4.78, 5) is 12.7. The Hall–Kier alpha value is -3.28. The third-order valence-corrected chi connectivity index (χ3v) is 5.26. The van der Waals surface area contributed by atoms with Gasteiger partial charge in [-0.2, -0.15) is 5.10 Å². The Balaban J connectivity index is 2.00. The van der Waals surface area contributed by atoms with Gasteiger partial charge >= 0.3 is 5.69 Å². The van der Waals surface area contributed by atoms with Gasteiger partial charge in [0.1, 0.15) is 5.75 Å². The van der Waals surface area contributed by atoms with Crippen molar-refractivity contribution >= 4 is 10.9 Å². The zero-order chi connectivity index (χ0) is 20.0. The Morgan fingerprint density at radius 1 is 1.21 bits per heavy atom. The number of hydrogen-bond donors (Lipinski definition) is 2. The number of benzene rings is 2. The van der Waals surface area contributed by atoms with Crippen LogP contribution in [0.25, 0.3) is 28.0 Å². The molecule has 6 nitrogen and oxygen atoms in total. The van der Waals surface area contributed by atoms with Crippen LogP contribution >= 0.6 is 0 Å². The van der Waals surface area contributed by atoms with E-state index in [2.05, 4.69) is 34.7 Å². The zero-order valence-electron chi connectivity index (χ0n) is 16.5. The van der Waals surface area contributed by atoms with Crippen LogP contribution in [0.3, 0.4) is 0 Å². The minimum atomic E-state index is -0.287. The van der Waals surface area contributed by atoms with Gasteiger partial charge in [-0.3, -0.25) is 0 Å². The number of phenols is 1. The lowest BCUT2D eigenvalue weighted by Gasteiger charge is -2.13. The molecule has 0 unspecified atom stereocenters. The van der Waals surface area contributed by atoms with Crippen LogP contribution in [0.15, 0.2) is 47.4 Å². The molecule has 0 amide bonds. The quantitative estimate of drug-likeness (QED) is 0.556. The van der Waals surface area contributed by atoms with Crippen molar-refractivity contribution in [2.45, 2.75) is 40.2 Å². The fraction of sp³-hybridized carbons (Fsp3) is 0.273. The average molecular weight is 376 g/mol. The number of aromatic hydroxyl groups is 1. The second kappa shape index (κ2) is 6.71. The van der Waals surface area contributed by atoms with Gasteiger partial charge in [0.05, 0.1) is 11.2 Å². The molecule has 2 aromatic heterocycles. The van der Waals surface area contributed by atoms with E-state index in [-0.39, 0.29) is 11.4 Å². The lowest BCUT2D eigenvalue weighted by Crippen LogP contribution is -2.16. The molecule has 144 valence electrons. The number of nitrogens with zero attached hydrogens (tertiary/aromatic N) is 3. The van der Waals surface area contributed by atoms with Gasteiger partial charge in [0.15, 0.2) is 5.82 Å². The lowest BCUT2D eigenvalue weighted by atomic mass is 10.0. The Labute approximate surface area is 163 Å². The molecule has 0 aliphatic carbocycles. The molecular weight excluding hydrogens is 352 g/mol. The van der Waals surface area contributed by atoms with Crippen LogP contribution in [0.1, 0.15) is 37.9 Å². The standard InChI is InChI=1S/C22H24N4O2/c1-5-15-12-17(14(4)11-20(15)27)21-23-24-22(28)26(21)19-8-6-7-18-16(19)9-10-25(18)13(2)3/h6-13,27H,5H2,1-4H3,(H,24,28). The minimum absolute atomic E-state index is 0.268. The maximum absolute atomic E-state index is 12.7. The van der Waals surface area contributed by atoms with Crippen LogP contribution in [0.4, 0.5) is 0 Å². The second-order valence-corrected chi connectivity index (χ2v) is 7.36. The monoisotopic (exact) mass is 376 g/mol. The average Bonchev–Trinajstić information content (AvgIpc) is 3.25. The number of aromatic amines is 1.